The average Bonchev–Trinajstić information content (AvgIpc) is 2.95. The van der Waals surface area contributed by atoms with Crippen molar-refractivity contribution in [2.45, 2.75) is 20.0 Å². The van der Waals surface area contributed by atoms with Gasteiger partial charge in [-0.15, -0.1) is 0 Å². The molecular weight excluding hydrogens is 312 g/mol. The molecule has 2 rings (SSSR count). The molecule has 1 aromatic heterocycles. The molecule has 0 radical (unpaired) electrons. The van der Waals surface area contributed by atoms with Crippen LogP contribution in [0.2, 0.25) is 0 Å². The van der Waals surface area contributed by atoms with Gasteiger partial charge < -0.3 is 15.0 Å². The zero-order valence-corrected chi connectivity index (χ0v) is 14.5. The van der Waals surface area contributed by atoms with Gasteiger partial charge in [-0.1, -0.05) is 0 Å². The molecule has 23 heavy (non-hydrogen) atoms. The van der Waals surface area contributed by atoms with Gasteiger partial charge in [-0.25, -0.2) is 0 Å². The molecule has 1 aromatic carbocycles. The summed E-state index contributed by atoms with van der Waals surface area (Å²) >= 11 is 1.18. The highest BCUT2D eigenvalue weighted by atomic mass is 32.1. The molecule has 0 unspecified atom stereocenters. The Bertz CT molecular complexity index is 625. The molecule has 2 aromatic rings. The first-order chi connectivity index (χ1) is 11.1. The fourth-order valence-electron chi connectivity index (χ4n) is 1.93. The van der Waals surface area contributed by atoms with Crippen LogP contribution >= 0.6 is 11.7 Å². The number of amides is 1. The Kier molecular flexibility index (Phi) is 6.49. The number of benzene rings is 1. The normalized spacial score (nSPS) is 10.8. The van der Waals surface area contributed by atoms with E-state index in [-0.39, 0.29) is 5.91 Å². The number of nitrogens with zero attached hydrogens (tertiary/aromatic N) is 3. The molecule has 0 atom stereocenters. The SMILES string of the molecule is Cc1nsnc1COc1ccc(C(=O)NCCCN(C)C)cc1. The van der Waals surface area contributed by atoms with Gasteiger partial charge in [0.25, 0.3) is 5.91 Å². The van der Waals surface area contributed by atoms with Gasteiger partial charge in [0, 0.05) is 12.1 Å². The van der Waals surface area contributed by atoms with Crippen LogP contribution in [-0.4, -0.2) is 46.7 Å². The lowest BCUT2D eigenvalue weighted by Crippen LogP contribution is -2.27. The highest BCUT2D eigenvalue weighted by Crippen LogP contribution is 2.15. The third-order valence-electron chi connectivity index (χ3n) is 3.31. The number of hydrogen-bond acceptors (Lipinski definition) is 6. The van der Waals surface area contributed by atoms with Crippen LogP contribution in [-0.2, 0) is 6.61 Å². The quantitative estimate of drug-likeness (QED) is 0.749. The van der Waals surface area contributed by atoms with E-state index in [1.54, 1.807) is 24.3 Å². The fourth-order valence-corrected chi connectivity index (χ4v) is 2.49. The summed E-state index contributed by atoms with van der Waals surface area (Å²) in [6.45, 7) is 3.92. The number of nitrogens with one attached hydrogen (secondary N) is 1. The molecule has 0 saturated heterocycles. The lowest BCUT2D eigenvalue weighted by molar-refractivity contribution is 0.0952. The van der Waals surface area contributed by atoms with Crippen molar-refractivity contribution in [3.8, 4) is 5.75 Å². The maximum atomic E-state index is 12.0. The maximum absolute atomic E-state index is 12.0. The first-order valence-electron chi connectivity index (χ1n) is 7.50. The van der Waals surface area contributed by atoms with Crippen molar-refractivity contribution in [3.63, 3.8) is 0 Å². The van der Waals surface area contributed by atoms with Crippen LogP contribution in [0.5, 0.6) is 5.75 Å². The third-order valence-corrected chi connectivity index (χ3v) is 3.96. The monoisotopic (exact) mass is 334 g/mol. The van der Waals surface area contributed by atoms with E-state index < -0.39 is 0 Å². The fraction of sp³-hybridized carbons (Fsp3) is 0.438. The average molecular weight is 334 g/mol. The summed E-state index contributed by atoms with van der Waals surface area (Å²) in [6.07, 6.45) is 0.932. The summed E-state index contributed by atoms with van der Waals surface area (Å²) in [5.41, 5.74) is 2.37. The van der Waals surface area contributed by atoms with Crippen molar-refractivity contribution < 1.29 is 9.53 Å². The van der Waals surface area contributed by atoms with Crippen LogP contribution in [0.25, 0.3) is 0 Å². The minimum atomic E-state index is -0.0603. The van der Waals surface area contributed by atoms with Crippen molar-refractivity contribution in [2.24, 2.45) is 0 Å². The van der Waals surface area contributed by atoms with E-state index in [0.29, 0.717) is 24.5 Å². The number of carbonyl (C=O) groups excluding carboxylic acids is 1. The molecule has 1 heterocycles. The zero-order chi connectivity index (χ0) is 16.7. The molecule has 0 fully saturated rings. The van der Waals surface area contributed by atoms with Crippen molar-refractivity contribution >= 4 is 17.6 Å². The lowest BCUT2D eigenvalue weighted by atomic mass is 10.2. The van der Waals surface area contributed by atoms with Crippen LogP contribution in [0.15, 0.2) is 24.3 Å². The Labute approximate surface area is 140 Å². The predicted octanol–water partition coefficient (Wildman–Crippen LogP) is 2.11. The zero-order valence-electron chi connectivity index (χ0n) is 13.7. The van der Waals surface area contributed by atoms with E-state index in [9.17, 15) is 4.79 Å². The van der Waals surface area contributed by atoms with Crippen molar-refractivity contribution in [3.05, 3.63) is 41.2 Å². The Morgan fingerprint density at radius 2 is 2.00 bits per heavy atom. The van der Waals surface area contributed by atoms with Gasteiger partial charge in [-0.3, -0.25) is 4.79 Å². The molecule has 0 bridgehead atoms. The van der Waals surface area contributed by atoms with E-state index in [2.05, 4.69) is 19.0 Å². The summed E-state index contributed by atoms with van der Waals surface area (Å²) in [5, 5.41) is 2.91. The summed E-state index contributed by atoms with van der Waals surface area (Å²) in [7, 11) is 4.04. The summed E-state index contributed by atoms with van der Waals surface area (Å²) in [5.74, 6) is 0.649. The Balaban J connectivity index is 1.79. The van der Waals surface area contributed by atoms with E-state index in [4.69, 9.17) is 4.74 Å². The highest BCUT2D eigenvalue weighted by molar-refractivity contribution is 6.99. The Morgan fingerprint density at radius 3 is 2.61 bits per heavy atom. The molecular formula is C16H22N4O2S. The lowest BCUT2D eigenvalue weighted by Gasteiger charge is -2.10. The van der Waals surface area contributed by atoms with Crippen molar-refractivity contribution in [1.29, 1.82) is 0 Å². The molecule has 0 aliphatic heterocycles. The molecule has 6 nitrogen and oxygen atoms in total. The number of aromatic nitrogens is 2. The molecule has 1 N–H and O–H groups in total. The molecule has 0 aliphatic rings. The number of carbonyl (C=O) groups is 1. The Hall–Kier alpha value is -1.99. The first-order valence-corrected chi connectivity index (χ1v) is 8.23. The summed E-state index contributed by atoms with van der Waals surface area (Å²) in [6, 6.07) is 7.12. The van der Waals surface area contributed by atoms with E-state index >= 15 is 0 Å². The van der Waals surface area contributed by atoms with Gasteiger partial charge in [-0.2, -0.15) is 8.75 Å². The number of rotatable bonds is 8. The molecule has 7 heteroatoms. The predicted molar refractivity (Wildman–Crippen MR) is 90.9 cm³/mol. The first kappa shape index (κ1) is 17.4. The second kappa shape index (κ2) is 8.59. The minimum absolute atomic E-state index is 0.0603. The van der Waals surface area contributed by atoms with Crippen LogP contribution in [0.3, 0.4) is 0 Å². The standard InChI is InChI=1S/C16H22N4O2S/c1-12-15(19-23-18-12)11-22-14-7-5-13(6-8-14)16(21)17-9-4-10-20(2)3/h5-8H,4,9-11H2,1-3H3,(H,17,21). The van der Waals surface area contributed by atoms with Gasteiger partial charge in [0.15, 0.2) is 0 Å². The van der Waals surface area contributed by atoms with E-state index in [1.807, 2.05) is 21.0 Å². The van der Waals surface area contributed by atoms with Crippen LogP contribution in [0.1, 0.15) is 28.2 Å². The van der Waals surface area contributed by atoms with Crippen LogP contribution < -0.4 is 10.1 Å². The molecule has 0 aliphatic carbocycles. The van der Waals surface area contributed by atoms with Crippen LogP contribution in [0, 0.1) is 6.92 Å². The molecule has 124 valence electrons. The van der Waals surface area contributed by atoms with Crippen LogP contribution in [0.4, 0.5) is 0 Å². The number of ether oxygens (including phenoxy) is 1. The molecule has 1 amide bonds. The minimum Gasteiger partial charge on any atom is -0.487 e. The van der Waals surface area contributed by atoms with Gasteiger partial charge in [0.1, 0.15) is 18.1 Å². The second-order valence-electron chi connectivity index (χ2n) is 5.52. The van der Waals surface area contributed by atoms with Crippen molar-refractivity contribution in [1.82, 2.24) is 19.0 Å². The molecule has 0 saturated carbocycles. The second-order valence-corrected chi connectivity index (χ2v) is 6.05. The van der Waals surface area contributed by atoms with E-state index in [0.717, 1.165) is 24.4 Å². The highest BCUT2D eigenvalue weighted by Gasteiger charge is 2.07. The number of hydrogen-bond donors (Lipinski definition) is 1. The smallest absolute Gasteiger partial charge is 0.251 e. The maximum Gasteiger partial charge on any atom is 0.251 e. The largest absolute Gasteiger partial charge is 0.487 e. The van der Waals surface area contributed by atoms with Gasteiger partial charge in [0.05, 0.1) is 17.4 Å². The third kappa shape index (κ3) is 5.61. The Morgan fingerprint density at radius 1 is 1.26 bits per heavy atom. The summed E-state index contributed by atoms with van der Waals surface area (Å²) in [4.78, 5) is 14.1. The van der Waals surface area contributed by atoms with Gasteiger partial charge >= 0.3 is 0 Å². The van der Waals surface area contributed by atoms with Crippen molar-refractivity contribution in [2.75, 3.05) is 27.2 Å². The van der Waals surface area contributed by atoms with Gasteiger partial charge in [0.2, 0.25) is 0 Å². The topological polar surface area (TPSA) is 67.3 Å². The van der Waals surface area contributed by atoms with E-state index in [1.165, 1.54) is 11.7 Å². The summed E-state index contributed by atoms with van der Waals surface area (Å²) < 4.78 is 13.9. The molecule has 0 spiro atoms. The number of aryl methyl sites for hydroxylation is 1. The van der Waals surface area contributed by atoms with Gasteiger partial charge in [-0.05, 0) is 58.3 Å².